The summed E-state index contributed by atoms with van der Waals surface area (Å²) in [6, 6.07) is 11.1. The van der Waals surface area contributed by atoms with Crippen molar-refractivity contribution >= 4 is 34.3 Å². The standard InChI is InChI=1S/C15H15ClN2S2/c16-14-7-6-13(20-14)15(12-5-2-8-19-12)18-11-4-1-3-10(11)9-17/h2,5-8,10-11,15,18H,1,3-4H2. The van der Waals surface area contributed by atoms with Gasteiger partial charge in [0.05, 0.1) is 22.4 Å². The fourth-order valence-corrected chi connectivity index (χ4v) is 4.79. The van der Waals surface area contributed by atoms with Crippen LogP contribution in [-0.2, 0) is 0 Å². The van der Waals surface area contributed by atoms with Crippen LogP contribution in [0.15, 0.2) is 29.6 Å². The van der Waals surface area contributed by atoms with Crippen molar-refractivity contribution in [1.29, 1.82) is 5.26 Å². The van der Waals surface area contributed by atoms with Crippen LogP contribution in [0.2, 0.25) is 4.34 Å². The molecule has 3 rings (SSSR count). The maximum absolute atomic E-state index is 9.25. The van der Waals surface area contributed by atoms with Crippen LogP contribution in [-0.4, -0.2) is 6.04 Å². The number of hydrogen-bond acceptors (Lipinski definition) is 4. The monoisotopic (exact) mass is 322 g/mol. The molecule has 1 aliphatic rings. The molecule has 1 fully saturated rings. The molecule has 1 N–H and O–H groups in total. The van der Waals surface area contributed by atoms with Gasteiger partial charge in [-0.2, -0.15) is 5.26 Å². The highest BCUT2D eigenvalue weighted by atomic mass is 35.5. The Labute approximate surface area is 132 Å². The van der Waals surface area contributed by atoms with E-state index >= 15 is 0 Å². The largest absolute Gasteiger partial charge is 0.301 e. The second kappa shape index (κ2) is 6.28. The molecule has 3 atom stereocenters. The highest BCUT2D eigenvalue weighted by Gasteiger charge is 2.30. The summed E-state index contributed by atoms with van der Waals surface area (Å²) in [7, 11) is 0. The third-order valence-electron chi connectivity index (χ3n) is 3.77. The molecule has 0 aliphatic heterocycles. The molecule has 0 radical (unpaired) electrons. The van der Waals surface area contributed by atoms with E-state index in [4.69, 9.17) is 11.6 Å². The summed E-state index contributed by atoms with van der Waals surface area (Å²) in [6.07, 6.45) is 3.23. The Kier molecular flexibility index (Phi) is 4.42. The zero-order valence-electron chi connectivity index (χ0n) is 10.9. The first kappa shape index (κ1) is 14.1. The first-order valence-corrected chi connectivity index (χ1v) is 8.79. The van der Waals surface area contributed by atoms with E-state index in [1.807, 2.05) is 6.07 Å². The molecule has 0 saturated heterocycles. The van der Waals surface area contributed by atoms with Gasteiger partial charge in [0, 0.05) is 15.8 Å². The van der Waals surface area contributed by atoms with Crippen LogP contribution in [0.4, 0.5) is 0 Å². The van der Waals surface area contributed by atoms with Crippen molar-refractivity contribution < 1.29 is 0 Å². The van der Waals surface area contributed by atoms with E-state index < -0.39 is 0 Å². The molecule has 1 saturated carbocycles. The second-order valence-electron chi connectivity index (χ2n) is 5.03. The molecule has 104 valence electrons. The lowest BCUT2D eigenvalue weighted by molar-refractivity contribution is 0.437. The first-order valence-electron chi connectivity index (χ1n) is 6.72. The van der Waals surface area contributed by atoms with Crippen LogP contribution in [0.3, 0.4) is 0 Å². The predicted molar refractivity (Wildman–Crippen MR) is 85.4 cm³/mol. The Balaban J connectivity index is 1.85. The molecule has 0 amide bonds. The zero-order valence-corrected chi connectivity index (χ0v) is 13.3. The van der Waals surface area contributed by atoms with E-state index in [0.29, 0.717) is 0 Å². The smallest absolute Gasteiger partial charge is 0.0931 e. The Morgan fingerprint density at radius 3 is 2.85 bits per heavy atom. The number of nitrogens with zero attached hydrogens (tertiary/aromatic N) is 1. The van der Waals surface area contributed by atoms with Gasteiger partial charge in [0.1, 0.15) is 0 Å². The van der Waals surface area contributed by atoms with Crippen LogP contribution in [0, 0.1) is 17.2 Å². The number of nitriles is 1. The minimum absolute atomic E-state index is 0.132. The van der Waals surface area contributed by atoms with Gasteiger partial charge in [-0.15, -0.1) is 22.7 Å². The number of halogens is 1. The highest BCUT2D eigenvalue weighted by molar-refractivity contribution is 7.16. The van der Waals surface area contributed by atoms with Crippen LogP contribution in [0.5, 0.6) is 0 Å². The van der Waals surface area contributed by atoms with Crippen molar-refractivity contribution in [1.82, 2.24) is 5.32 Å². The maximum Gasteiger partial charge on any atom is 0.0931 e. The van der Waals surface area contributed by atoms with Gasteiger partial charge in [-0.3, -0.25) is 0 Å². The highest BCUT2D eigenvalue weighted by Crippen LogP contribution is 2.35. The van der Waals surface area contributed by atoms with Crippen molar-refractivity contribution in [2.24, 2.45) is 5.92 Å². The molecule has 2 aromatic heterocycles. The Morgan fingerprint density at radius 1 is 1.30 bits per heavy atom. The van der Waals surface area contributed by atoms with Crippen molar-refractivity contribution in [3.05, 3.63) is 43.7 Å². The average molecular weight is 323 g/mol. The van der Waals surface area contributed by atoms with E-state index in [-0.39, 0.29) is 18.0 Å². The summed E-state index contributed by atoms with van der Waals surface area (Å²) >= 11 is 9.44. The van der Waals surface area contributed by atoms with Crippen LogP contribution >= 0.6 is 34.3 Å². The van der Waals surface area contributed by atoms with Gasteiger partial charge < -0.3 is 5.32 Å². The number of thiophene rings is 2. The summed E-state index contributed by atoms with van der Waals surface area (Å²) in [5.41, 5.74) is 0. The first-order chi connectivity index (χ1) is 9.78. The number of nitrogens with one attached hydrogen (secondary N) is 1. The van der Waals surface area contributed by atoms with Crippen molar-refractivity contribution in [2.75, 3.05) is 0 Å². The van der Waals surface area contributed by atoms with E-state index in [9.17, 15) is 5.26 Å². The molecule has 5 heteroatoms. The molecule has 2 heterocycles. The quantitative estimate of drug-likeness (QED) is 0.874. The third kappa shape index (κ3) is 2.91. The average Bonchev–Trinajstić information content (AvgIpc) is 3.17. The van der Waals surface area contributed by atoms with Crippen molar-refractivity contribution in [3.8, 4) is 6.07 Å². The maximum atomic E-state index is 9.25. The SMILES string of the molecule is N#CC1CCCC1NC(c1cccs1)c1ccc(Cl)s1. The summed E-state index contributed by atoms with van der Waals surface area (Å²) in [5.74, 6) is 0.132. The Bertz CT molecular complexity index is 600. The van der Waals surface area contributed by atoms with Gasteiger partial charge in [-0.05, 0) is 36.4 Å². The lowest BCUT2D eigenvalue weighted by atomic mass is 10.0. The number of rotatable bonds is 4. The van der Waals surface area contributed by atoms with E-state index in [0.717, 1.165) is 23.6 Å². The van der Waals surface area contributed by atoms with Crippen molar-refractivity contribution in [2.45, 2.75) is 31.3 Å². The van der Waals surface area contributed by atoms with E-state index in [2.05, 4.69) is 35.0 Å². The van der Waals surface area contributed by atoms with Gasteiger partial charge in [0.15, 0.2) is 0 Å². The van der Waals surface area contributed by atoms with E-state index in [1.54, 1.807) is 22.7 Å². The minimum atomic E-state index is 0.132. The molecule has 0 spiro atoms. The van der Waals surface area contributed by atoms with Crippen LogP contribution in [0.25, 0.3) is 0 Å². The van der Waals surface area contributed by atoms with Gasteiger partial charge in [-0.25, -0.2) is 0 Å². The molecule has 0 bridgehead atoms. The third-order valence-corrected chi connectivity index (χ3v) is 6.00. The lowest BCUT2D eigenvalue weighted by Crippen LogP contribution is -2.35. The second-order valence-corrected chi connectivity index (χ2v) is 7.76. The van der Waals surface area contributed by atoms with E-state index in [1.165, 1.54) is 9.75 Å². The minimum Gasteiger partial charge on any atom is -0.301 e. The molecular weight excluding hydrogens is 308 g/mol. The summed E-state index contributed by atoms with van der Waals surface area (Å²) < 4.78 is 0.812. The summed E-state index contributed by atoms with van der Waals surface area (Å²) in [4.78, 5) is 2.51. The van der Waals surface area contributed by atoms with Crippen LogP contribution in [0.1, 0.15) is 35.1 Å². The normalized spacial score (nSPS) is 23.6. The van der Waals surface area contributed by atoms with Gasteiger partial charge >= 0.3 is 0 Å². The fraction of sp³-hybridized carbons (Fsp3) is 0.400. The molecule has 0 aromatic carbocycles. The Morgan fingerprint density at radius 2 is 2.20 bits per heavy atom. The number of hydrogen-bond donors (Lipinski definition) is 1. The fourth-order valence-electron chi connectivity index (χ4n) is 2.77. The topological polar surface area (TPSA) is 35.8 Å². The Hall–Kier alpha value is -0.860. The van der Waals surface area contributed by atoms with Gasteiger partial charge in [0.25, 0.3) is 0 Å². The molecule has 2 nitrogen and oxygen atoms in total. The summed E-state index contributed by atoms with van der Waals surface area (Å²) in [5, 5.41) is 15.0. The van der Waals surface area contributed by atoms with Crippen molar-refractivity contribution in [3.63, 3.8) is 0 Å². The van der Waals surface area contributed by atoms with Crippen LogP contribution < -0.4 is 5.32 Å². The predicted octanol–water partition coefficient (Wildman–Crippen LogP) is 4.83. The summed E-state index contributed by atoms with van der Waals surface area (Å²) in [6.45, 7) is 0. The molecule has 20 heavy (non-hydrogen) atoms. The molecule has 3 unspecified atom stereocenters. The molecule has 2 aromatic rings. The van der Waals surface area contributed by atoms with Gasteiger partial charge in [-0.1, -0.05) is 24.1 Å². The molecular formula is C15H15ClN2S2. The molecule has 1 aliphatic carbocycles. The lowest BCUT2D eigenvalue weighted by Gasteiger charge is -2.23. The van der Waals surface area contributed by atoms with Gasteiger partial charge in [0.2, 0.25) is 0 Å². The zero-order chi connectivity index (χ0) is 13.9.